The molecule has 3 aromatic rings. The Morgan fingerprint density at radius 2 is 1.59 bits per heavy atom. The average molecular weight is 404 g/mol. The third-order valence-corrected chi connectivity index (χ3v) is 5.72. The quantitative estimate of drug-likeness (QED) is 0.453. The Balaban J connectivity index is 1.34. The van der Waals surface area contributed by atoms with E-state index in [1.54, 1.807) is 36.0 Å². The molecule has 5 nitrogen and oxygen atoms in total. The average Bonchev–Trinajstić information content (AvgIpc) is 2.75. The Labute approximate surface area is 174 Å². The molecule has 2 amide bonds. The van der Waals surface area contributed by atoms with Crippen LogP contribution in [0.1, 0.15) is 12.0 Å². The summed E-state index contributed by atoms with van der Waals surface area (Å²) in [5, 5.41) is 12.1. The maximum Gasteiger partial charge on any atom is 0.340 e. The molecule has 0 radical (unpaired) electrons. The SMILES string of the molecule is O=C(/N=C/c1ccc(O)cc1)NCCCN1c2ccccc2Sc2ccccc21. The summed E-state index contributed by atoms with van der Waals surface area (Å²) in [7, 11) is 0. The second-order valence-electron chi connectivity index (χ2n) is 6.62. The van der Waals surface area contributed by atoms with Crippen LogP contribution in [0.25, 0.3) is 0 Å². The van der Waals surface area contributed by atoms with Crippen LogP contribution in [0.3, 0.4) is 0 Å². The van der Waals surface area contributed by atoms with Crippen LogP contribution in [0.2, 0.25) is 0 Å². The number of para-hydroxylation sites is 2. The van der Waals surface area contributed by atoms with E-state index >= 15 is 0 Å². The van der Waals surface area contributed by atoms with Crippen molar-refractivity contribution in [3.63, 3.8) is 0 Å². The third-order valence-electron chi connectivity index (χ3n) is 4.59. The highest BCUT2D eigenvalue weighted by Crippen LogP contribution is 2.47. The zero-order chi connectivity index (χ0) is 20.1. The van der Waals surface area contributed by atoms with Crippen molar-refractivity contribution in [2.24, 2.45) is 4.99 Å². The molecule has 0 fully saturated rings. The number of rotatable bonds is 5. The molecule has 0 saturated heterocycles. The van der Waals surface area contributed by atoms with E-state index in [4.69, 9.17) is 0 Å². The van der Waals surface area contributed by atoms with E-state index in [2.05, 4.69) is 63.7 Å². The zero-order valence-electron chi connectivity index (χ0n) is 15.8. The Bertz CT molecular complexity index is 989. The van der Waals surface area contributed by atoms with Crippen molar-refractivity contribution in [1.82, 2.24) is 5.32 Å². The third kappa shape index (κ3) is 4.60. The number of phenolic OH excluding ortho intramolecular Hbond substituents is 1. The largest absolute Gasteiger partial charge is 0.508 e. The molecule has 6 heteroatoms. The predicted octanol–water partition coefficient (Wildman–Crippen LogP) is 5.21. The van der Waals surface area contributed by atoms with Crippen molar-refractivity contribution < 1.29 is 9.90 Å². The molecule has 0 spiro atoms. The maximum absolute atomic E-state index is 12.0. The van der Waals surface area contributed by atoms with Gasteiger partial charge in [-0.2, -0.15) is 0 Å². The Morgan fingerprint density at radius 1 is 0.966 bits per heavy atom. The number of phenols is 1. The standard InChI is InChI=1S/C23H21N3O2S/c27-18-12-10-17(11-13-18)16-25-23(28)24-14-5-15-26-19-6-1-3-8-21(19)29-22-9-4-2-7-20(22)26/h1-4,6-13,16,27H,5,14-15H2,(H,24,28)/b25-16+. The van der Waals surface area contributed by atoms with Crippen molar-refractivity contribution in [2.45, 2.75) is 16.2 Å². The van der Waals surface area contributed by atoms with Gasteiger partial charge >= 0.3 is 6.03 Å². The second-order valence-corrected chi connectivity index (χ2v) is 7.71. The van der Waals surface area contributed by atoms with Gasteiger partial charge in [0.15, 0.2) is 0 Å². The molecular weight excluding hydrogens is 382 g/mol. The fourth-order valence-corrected chi connectivity index (χ4v) is 4.29. The normalized spacial score (nSPS) is 12.5. The van der Waals surface area contributed by atoms with Crippen molar-refractivity contribution in [2.75, 3.05) is 18.0 Å². The summed E-state index contributed by atoms with van der Waals surface area (Å²) in [4.78, 5) is 20.7. The van der Waals surface area contributed by atoms with Crippen LogP contribution < -0.4 is 10.2 Å². The molecule has 0 saturated carbocycles. The molecule has 1 aliphatic heterocycles. The van der Waals surface area contributed by atoms with Gasteiger partial charge in [-0.3, -0.25) is 0 Å². The smallest absolute Gasteiger partial charge is 0.340 e. The number of aromatic hydroxyl groups is 1. The molecule has 2 N–H and O–H groups in total. The molecule has 0 aliphatic carbocycles. The minimum Gasteiger partial charge on any atom is -0.508 e. The molecule has 1 heterocycles. The Hall–Kier alpha value is -3.25. The number of nitrogens with zero attached hydrogens (tertiary/aromatic N) is 2. The molecule has 0 unspecified atom stereocenters. The number of hydrogen-bond donors (Lipinski definition) is 2. The lowest BCUT2D eigenvalue weighted by Crippen LogP contribution is -2.27. The minimum atomic E-state index is -0.368. The molecule has 3 aromatic carbocycles. The Morgan fingerprint density at radius 3 is 2.24 bits per heavy atom. The Kier molecular flexibility index (Phi) is 5.81. The van der Waals surface area contributed by atoms with Crippen molar-refractivity contribution in [1.29, 1.82) is 0 Å². The van der Waals surface area contributed by atoms with E-state index in [1.165, 1.54) is 27.4 Å². The molecule has 4 rings (SSSR count). The number of carbonyl (C=O) groups excluding carboxylic acids is 1. The van der Waals surface area contributed by atoms with E-state index in [1.807, 2.05) is 0 Å². The monoisotopic (exact) mass is 403 g/mol. The van der Waals surface area contributed by atoms with Crippen molar-refractivity contribution in [3.05, 3.63) is 78.4 Å². The number of anilines is 2. The van der Waals surface area contributed by atoms with E-state index in [0.29, 0.717) is 6.54 Å². The number of aliphatic imine (C=N–C) groups is 1. The number of carbonyl (C=O) groups is 1. The van der Waals surface area contributed by atoms with E-state index in [-0.39, 0.29) is 11.8 Å². The summed E-state index contributed by atoms with van der Waals surface area (Å²) < 4.78 is 0. The first kappa shape index (κ1) is 19.1. The minimum absolute atomic E-state index is 0.186. The summed E-state index contributed by atoms with van der Waals surface area (Å²) in [5.41, 5.74) is 3.16. The summed E-state index contributed by atoms with van der Waals surface area (Å²) in [5.74, 6) is 0.186. The number of benzene rings is 3. The molecule has 0 aromatic heterocycles. The van der Waals surface area contributed by atoms with Crippen LogP contribution in [0.5, 0.6) is 5.75 Å². The maximum atomic E-state index is 12.0. The molecule has 0 atom stereocenters. The van der Waals surface area contributed by atoms with Gasteiger partial charge in [-0.1, -0.05) is 36.0 Å². The molecule has 146 valence electrons. The first-order chi connectivity index (χ1) is 14.2. The molecule has 1 aliphatic rings. The highest BCUT2D eigenvalue weighted by molar-refractivity contribution is 7.99. The van der Waals surface area contributed by atoms with Crippen LogP contribution in [0.4, 0.5) is 16.2 Å². The molecule has 29 heavy (non-hydrogen) atoms. The first-order valence-corrected chi connectivity index (χ1v) is 10.3. The van der Waals surface area contributed by atoms with Crippen LogP contribution in [-0.4, -0.2) is 30.4 Å². The first-order valence-electron chi connectivity index (χ1n) is 9.45. The highest BCUT2D eigenvalue weighted by Gasteiger charge is 2.22. The van der Waals surface area contributed by atoms with Gasteiger partial charge < -0.3 is 15.3 Å². The lowest BCUT2D eigenvalue weighted by atomic mass is 10.2. The van der Waals surface area contributed by atoms with E-state index in [9.17, 15) is 9.90 Å². The zero-order valence-corrected chi connectivity index (χ0v) is 16.6. The fourth-order valence-electron chi connectivity index (χ4n) is 3.19. The van der Waals surface area contributed by atoms with Gasteiger partial charge in [-0.05, 0) is 60.5 Å². The lowest BCUT2D eigenvalue weighted by Gasteiger charge is -2.32. The number of fused-ring (bicyclic) bond motifs is 2. The number of hydrogen-bond acceptors (Lipinski definition) is 4. The summed E-state index contributed by atoms with van der Waals surface area (Å²) >= 11 is 1.79. The van der Waals surface area contributed by atoms with Gasteiger partial charge in [-0.25, -0.2) is 9.79 Å². The molecule has 0 bridgehead atoms. The van der Waals surface area contributed by atoms with Crippen LogP contribution >= 0.6 is 11.8 Å². The number of urea groups is 1. The topological polar surface area (TPSA) is 64.9 Å². The van der Waals surface area contributed by atoms with Gasteiger partial charge in [-0.15, -0.1) is 0 Å². The lowest BCUT2D eigenvalue weighted by molar-refractivity contribution is 0.249. The van der Waals surface area contributed by atoms with Crippen molar-refractivity contribution in [3.8, 4) is 5.75 Å². The predicted molar refractivity (Wildman–Crippen MR) is 118 cm³/mol. The highest BCUT2D eigenvalue weighted by atomic mass is 32.2. The number of amides is 2. The van der Waals surface area contributed by atoms with E-state index < -0.39 is 0 Å². The summed E-state index contributed by atoms with van der Waals surface area (Å²) in [6.07, 6.45) is 2.29. The van der Waals surface area contributed by atoms with Crippen LogP contribution in [0.15, 0.2) is 87.6 Å². The second kappa shape index (κ2) is 8.84. The van der Waals surface area contributed by atoms with E-state index in [0.717, 1.165) is 18.5 Å². The molecular formula is C23H21N3O2S. The van der Waals surface area contributed by atoms with Crippen molar-refractivity contribution >= 4 is 35.4 Å². The van der Waals surface area contributed by atoms with Gasteiger partial charge in [0.05, 0.1) is 11.4 Å². The van der Waals surface area contributed by atoms with Crippen LogP contribution in [0, 0.1) is 0 Å². The van der Waals surface area contributed by atoms with Gasteiger partial charge in [0.2, 0.25) is 0 Å². The summed E-state index contributed by atoms with van der Waals surface area (Å²) in [6.45, 7) is 1.34. The van der Waals surface area contributed by atoms with Gasteiger partial charge in [0.25, 0.3) is 0 Å². The van der Waals surface area contributed by atoms with Gasteiger partial charge in [0, 0.05) is 29.1 Å². The fraction of sp³-hybridized carbons (Fsp3) is 0.130. The van der Waals surface area contributed by atoms with Gasteiger partial charge in [0.1, 0.15) is 5.75 Å². The van der Waals surface area contributed by atoms with Crippen LogP contribution in [-0.2, 0) is 0 Å². The summed E-state index contributed by atoms with van der Waals surface area (Å²) in [6, 6.07) is 23.0. The number of nitrogens with one attached hydrogen (secondary N) is 1.